The van der Waals surface area contributed by atoms with Gasteiger partial charge in [-0.3, -0.25) is 0 Å². The zero-order chi connectivity index (χ0) is 17.3. The molecule has 1 N–H and O–H groups in total. The topological polar surface area (TPSA) is 50.0 Å². The number of nitrogens with zero attached hydrogens (tertiary/aromatic N) is 2. The van der Waals surface area contributed by atoms with Crippen molar-refractivity contribution < 1.29 is 9.15 Å². The second-order valence-corrected chi connectivity index (χ2v) is 6.49. The van der Waals surface area contributed by atoms with Gasteiger partial charge in [0, 0.05) is 39.1 Å². The second-order valence-electron chi connectivity index (χ2n) is 6.49. The summed E-state index contributed by atoms with van der Waals surface area (Å²) in [4.78, 5) is 7.03. The smallest absolute Gasteiger partial charge is 0.194 e. The molecule has 1 aromatic carbocycles. The van der Waals surface area contributed by atoms with Crippen molar-refractivity contribution in [3.05, 3.63) is 60.1 Å². The number of nitrogens with one attached hydrogen (secondary N) is 1. The summed E-state index contributed by atoms with van der Waals surface area (Å²) in [5.41, 5.74) is 1.21. The Morgan fingerprint density at radius 1 is 1.24 bits per heavy atom. The number of hydrogen-bond donors (Lipinski definition) is 1. The van der Waals surface area contributed by atoms with E-state index in [0.717, 1.165) is 50.9 Å². The van der Waals surface area contributed by atoms with Crippen LogP contribution in [-0.4, -0.2) is 44.2 Å². The third-order valence-corrected chi connectivity index (χ3v) is 4.41. The number of ether oxygens (including phenoxy) is 1. The van der Waals surface area contributed by atoms with Crippen molar-refractivity contribution in [2.75, 3.05) is 33.4 Å². The molecule has 0 amide bonds. The minimum atomic E-state index is 0.582. The maximum atomic E-state index is 5.50. The van der Waals surface area contributed by atoms with Gasteiger partial charge in [0.25, 0.3) is 0 Å². The van der Waals surface area contributed by atoms with E-state index in [9.17, 15) is 0 Å². The Balaban J connectivity index is 1.59. The predicted molar refractivity (Wildman–Crippen MR) is 99.6 cm³/mol. The van der Waals surface area contributed by atoms with Gasteiger partial charge in [-0.15, -0.1) is 0 Å². The van der Waals surface area contributed by atoms with Gasteiger partial charge in [-0.25, -0.2) is 4.99 Å². The third-order valence-electron chi connectivity index (χ3n) is 4.41. The van der Waals surface area contributed by atoms with Crippen LogP contribution in [0.25, 0.3) is 0 Å². The summed E-state index contributed by atoms with van der Waals surface area (Å²) in [6.45, 7) is 4.16. The Labute approximate surface area is 149 Å². The molecule has 0 saturated carbocycles. The van der Waals surface area contributed by atoms with Gasteiger partial charge in [0.05, 0.1) is 19.4 Å². The molecule has 2 heterocycles. The molecule has 1 saturated heterocycles. The fraction of sp³-hybridized carbons (Fsp3) is 0.450. The zero-order valence-corrected chi connectivity index (χ0v) is 14.9. The van der Waals surface area contributed by atoms with Gasteiger partial charge < -0.3 is 19.4 Å². The van der Waals surface area contributed by atoms with Crippen LogP contribution in [-0.2, 0) is 17.7 Å². The van der Waals surface area contributed by atoms with Crippen molar-refractivity contribution in [2.24, 2.45) is 10.9 Å². The van der Waals surface area contributed by atoms with Crippen molar-refractivity contribution in [3.8, 4) is 0 Å². The maximum Gasteiger partial charge on any atom is 0.194 e. The van der Waals surface area contributed by atoms with Gasteiger partial charge in [-0.2, -0.15) is 0 Å². The average Bonchev–Trinajstić information content (AvgIpc) is 3.32. The molecule has 3 rings (SSSR count). The number of aliphatic imine (C=N–C) groups is 1. The molecule has 5 nitrogen and oxygen atoms in total. The molecular weight excluding hydrogens is 314 g/mol. The largest absolute Gasteiger partial charge is 0.469 e. The van der Waals surface area contributed by atoms with Gasteiger partial charge in [-0.05, 0) is 24.1 Å². The van der Waals surface area contributed by atoms with Crippen molar-refractivity contribution in [1.29, 1.82) is 0 Å². The summed E-state index contributed by atoms with van der Waals surface area (Å²) in [7, 11) is 2.10. The normalized spacial score (nSPS) is 17.6. The first-order valence-corrected chi connectivity index (χ1v) is 8.95. The van der Waals surface area contributed by atoms with Crippen molar-refractivity contribution in [3.63, 3.8) is 0 Å². The molecule has 0 radical (unpaired) electrons. The molecule has 0 spiro atoms. The molecule has 2 aromatic rings. The molecule has 0 aliphatic carbocycles. The minimum Gasteiger partial charge on any atom is -0.469 e. The number of furan rings is 1. The number of rotatable bonds is 7. The molecule has 1 atom stereocenters. The van der Waals surface area contributed by atoms with Crippen molar-refractivity contribution in [1.82, 2.24) is 10.2 Å². The lowest BCUT2D eigenvalue weighted by Gasteiger charge is -2.25. The van der Waals surface area contributed by atoms with Crippen LogP contribution in [0.15, 0.2) is 58.1 Å². The number of guanidine groups is 1. The lowest BCUT2D eigenvalue weighted by atomic mass is 10.1. The van der Waals surface area contributed by atoms with E-state index in [2.05, 4.69) is 41.5 Å². The Hall–Kier alpha value is -2.27. The highest BCUT2D eigenvalue weighted by Gasteiger charge is 2.19. The number of hydrogen-bond acceptors (Lipinski definition) is 3. The summed E-state index contributed by atoms with van der Waals surface area (Å²) in [6.07, 6.45) is 3.69. The first kappa shape index (κ1) is 17.5. The average molecular weight is 341 g/mol. The molecule has 1 aromatic heterocycles. The molecule has 1 aliphatic rings. The van der Waals surface area contributed by atoms with Crippen molar-refractivity contribution >= 4 is 5.96 Å². The fourth-order valence-electron chi connectivity index (χ4n) is 3.01. The van der Waals surface area contributed by atoms with Crippen LogP contribution < -0.4 is 5.32 Å². The van der Waals surface area contributed by atoms with E-state index >= 15 is 0 Å². The van der Waals surface area contributed by atoms with Gasteiger partial charge in [-0.1, -0.05) is 30.3 Å². The van der Waals surface area contributed by atoms with Gasteiger partial charge in [0.1, 0.15) is 5.76 Å². The molecule has 5 heteroatoms. The summed E-state index contributed by atoms with van der Waals surface area (Å²) in [5, 5.41) is 3.48. The summed E-state index contributed by atoms with van der Waals surface area (Å²) < 4.78 is 10.9. The van der Waals surface area contributed by atoms with E-state index in [-0.39, 0.29) is 0 Å². The van der Waals surface area contributed by atoms with E-state index in [1.165, 1.54) is 5.56 Å². The number of benzene rings is 1. The first-order valence-electron chi connectivity index (χ1n) is 8.95. The highest BCUT2D eigenvalue weighted by Crippen LogP contribution is 2.13. The highest BCUT2D eigenvalue weighted by atomic mass is 16.5. The molecule has 134 valence electrons. The summed E-state index contributed by atoms with van der Waals surface area (Å²) in [6, 6.07) is 14.3. The Morgan fingerprint density at radius 2 is 2.12 bits per heavy atom. The summed E-state index contributed by atoms with van der Waals surface area (Å²) >= 11 is 0. The monoisotopic (exact) mass is 341 g/mol. The zero-order valence-electron chi connectivity index (χ0n) is 14.9. The van der Waals surface area contributed by atoms with Crippen LogP contribution in [0.5, 0.6) is 0 Å². The lowest BCUT2D eigenvalue weighted by molar-refractivity contribution is 0.181. The third kappa shape index (κ3) is 5.64. The molecule has 0 bridgehead atoms. The second kappa shape index (κ2) is 9.28. The molecule has 1 unspecified atom stereocenters. The minimum absolute atomic E-state index is 0.582. The van der Waals surface area contributed by atoms with E-state index in [1.807, 2.05) is 18.2 Å². The molecular formula is C20H27N3O2. The molecule has 1 aliphatic heterocycles. The van der Waals surface area contributed by atoms with Gasteiger partial charge in [0.15, 0.2) is 5.96 Å². The van der Waals surface area contributed by atoms with Gasteiger partial charge in [0.2, 0.25) is 0 Å². The van der Waals surface area contributed by atoms with E-state index < -0.39 is 0 Å². The Kier molecular flexibility index (Phi) is 6.51. The quantitative estimate of drug-likeness (QED) is 0.621. The SMILES string of the molecule is CN(CC1CCOC1)C(=NCc1ccccc1)NCCc1ccco1. The van der Waals surface area contributed by atoms with Crippen LogP contribution in [0.4, 0.5) is 0 Å². The van der Waals surface area contributed by atoms with Crippen molar-refractivity contribution in [2.45, 2.75) is 19.4 Å². The first-order chi connectivity index (χ1) is 12.3. The predicted octanol–water partition coefficient (Wildman–Crippen LogP) is 2.94. The molecule has 1 fully saturated rings. The van der Waals surface area contributed by atoms with E-state index in [4.69, 9.17) is 14.1 Å². The Morgan fingerprint density at radius 3 is 2.84 bits per heavy atom. The molecule has 25 heavy (non-hydrogen) atoms. The van der Waals surface area contributed by atoms with Gasteiger partial charge >= 0.3 is 0 Å². The van der Waals surface area contributed by atoms with Crippen LogP contribution in [0, 0.1) is 5.92 Å². The van der Waals surface area contributed by atoms with E-state index in [1.54, 1.807) is 6.26 Å². The lowest BCUT2D eigenvalue weighted by Crippen LogP contribution is -2.42. The van der Waals surface area contributed by atoms with Crippen LogP contribution >= 0.6 is 0 Å². The fourth-order valence-corrected chi connectivity index (χ4v) is 3.01. The van der Waals surface area contributed by atoms with Crippen LogP contribution in [0.3, 0.4) is 0 Å². The summed E-state index contributed by atoms with van der Waals surface area (Å²) in [5.74, 6) is 2.50. The van der Waals surface area contributed by atoms with Crippen LogP contribution in [0.2, 0.25) is 0 Å². The standard InChI is InChI=1S/C20H27N3O2/c1-23(15-18-10-13-24-16-18)20(21-11-9-19-8-5-12-25-19)22-14-17-6-3-2-4-7-17/h2-8,12,18H,9-11,13-16H2,1H3,(H,21,22). The van der Waals surface area contributed by atoms with Crippen LogP contribution in [0.1, 0.15) is 17.7 Å². The van der Waals surface area contributed by atoms with E-state index in [0.29, 0.717) is 12.5 Å². The Bertz CT molecular complexity index is 634. The highest BCUT2D eigenvalue weighted by molar-refractivity contribution is 5.79. The maximum absolute atomic E-state index is 5.50.